The van der Waals surface area contributed by atoms with Crippen molar-refractivity contribution < 1.29 is 4.74 Å². The molecule has 2 aromatic rings. The first-order valence-electron chi connectivity index (χ1n) is 8.23. The molecule has 0 aliphatic carbocycles. The van der Waals surface area contributed by atoms with E-state index in [0.29, 0.717) is 19.7 Å². The first-order valence-corrected chi connectivity index (χ1v) is 9.05. The Hall–Kier alpha value is -2.08. The Balaban J connectivity index is 1.83. The molecule has 1 aromatic heterocycles. The van der Waals surface area contributed by atoms with E-state index in [0.717, 1.165) is 34.5 Å². The summed E-state index contributed by atoms with van der Waals surface area (Å²) in [5.41, 5.74) is 2.22. The minimum absolute atomic E-state index is 0.591. The molecular weight excluding hydrogens is 320 g/mol. The van der Waals surface area contributed by atoms with Crippen molar-refractivity contribution in [2.24, 2.45) is 4.99 Å². The lowest BCUT2D eigenvalue weighted by Crippen LogP contribution is -2.39. The van der Waals surface area contributed by atoms with Crippen LogP contribution >= 0.6 is 11.3 Å². The van der Waals surface area contributed by atoms with Crippen molar-refractivity contribution in [1.29, 1.82) is 0 Å². The molecule has 130 valence electrons. The van der Waals surface area contributed by atoms with Crippen LogP contribution in [0.2, 0.25) is 0 Å². The molecule has 0 unspecified atom stereocenters. The zero-order chi connectivity index (χ0) is 17.4. The third-order valence-electron chi connectivity index (χ3n) is 3.47. The molecule has 2 N–H and O–H groups in total. The van der Waals surface area contributed by atoms with Crippen molar-refractivity contribution in [1.82, 2.24) is 15.6 Å². The molecule has 0 amide bonds. The summed E-state index contributed by atoms with van der Waals surface area (Å²) >= 11 is 1.70. The highest BCUT2D eigenvalue weighted by atomic mass is 32.1. The molecule has 24 heavy (non-hydrogen) atoms. The van der Waals surface area contributed by atoms with E-state index in [1.807, 2.05) is 45.0 Å². The number of thiazole rings is 1. The highest BCUT2D eigenvalue weighted by Gasteiger charge is 2.05. The van der Waals surface area contributed by atoms with Crippen LogP contribution in [0.3, 0.4) is 0 Å². The SMILES string of the molecule is CCNC(=NCc1sc(C)nc1C)NCCOc1ccccc1C. The van der Waals surface area contributed by atoms with Gasteiger partial charge in [-0.25, -0.2) is 9.98 Å². The molecule has 5 nitrogen and oxygen atoms in total. The molecule has 0 radical (unpaired) electrons. The zero-order valence-corrected chi connectivity index (χ0v) is 15.7. The lowest BCUT2D eigenvalue weighted by molar-refractivity contribution is 0.320. The summed E-state index contributed by atoms with van der Waals surface area (Å²) < 4.78 is 5.80. The summed E-state index contributed by atoms with van der Waals surface area (Å²) in [6, 6.07) is 8.04. The van der Waals surface area contributed by atoms with Crippen LogP contribution in [0.15, 0.2) is 29.3 Å². The monoisotopic (exact) mass is 346 g/mol. The molecule has 6 heteroatoms. The van der Waals surface area contributed by atoms with E-state index in [1.165, 1.54) is 4.88 Å². The number of ether oxygens (including phenoxy) is 1. The van der Waals surface area contributed by atoms with Crippen LogP contribution < -0.4 is 15.4 Å². The van der Waals surface area contributed by atoms with Gasteiger partial charge in [0, 0.05) is 11.4 Å². The highest BCUT2D eigenvalue weighted by molar-refractivity contribution is 7.11. The number of rotatable bonds is 7. The van der Waals surface area contributed by atoms with Gasteiger partial charge in [-0.05, 0) is 39.3 Å². The van der Waals surface area contributed by atoms with E-state index < -0.39 is 0 Å². The summed E-state index contributed by atoms with van der Waals surface area (Å²) in [6.07, 6.45) is 0. The van der Waals surface area contributed by atoms with Gasteiger partial charge < -0.3 is 15.4 Å². The molecule has 2 rings (SSSR count). The summed E-state index contributed by atoms with van der Waals surface area (Å²) in [5.74, 6) is 1.73. The maximum absolute atomic E-state index is 5.80. The number of guanidine groups is 1. The number of nitrogens with one attached hydrogen (secondary N) is 2. The first-order chi connectivity index (χ1) is 11.6. The predicted molar refractivity (Wildman–Crippen MR) is 101 cm³/mol. The average molecular weight is 347 g/mol. The average Bonchev–Trinajstić information content (AvgIpc) is 2.88. The van der Waals surface area contributed by atoms with Crippen LogP contribution in [0.1, 0.15) is 28.1 Å². The molecule has 1 aromatic carbocycles. The van der Waals surface area contributed by atoms with Gasteiger partial charge in [0.05, 0.1) is 23.8 Å². The lowest BCUT2D eigenvalue weighted by atomic mass is 10.2. The number of benzene rings is 1. The number of aryl methyl sites for hydroxylation is 3. The molecule has 0 saturated heterocycles. The van der Waals surface area contributed by atoms with E-state index >= 15 is 0 Å². The number of nitrogens with zero attached hydrogens (tertiary/aromatic N) is 2. The Morgan fingerprint density at radius 1 is 1.21 bits per heavy atom. The van der Waals surface area contributed by atoms with E-state index in [2.05, 4.69) is 27.5 Å². The second-order valence-electron chi connectivity index (χ2n) is 5.48. The largest absolute Gasteiger partial charge is 0.491 e. The summed E-state index contributed by atoms with van der Waals surface area (Å²) in [6.45, 7) is 10.9. The van der Waals surface area contributed by atoms with Crippen molar-refractivity contribution >= 4 is 17.3 Å². The van der Waals surface area contributed by atoms with Gasteiger partial charge in [0.15, 0.2) is 5.96 Å². The lowest BCUT2D eigenvalue weighted by Gasteiger charge is -2.13. The van der Waals surface area contributed by atoms with Crippen LogP contribution in [0.4, 0.5) is 0 Å². The van der Waals surface area contributed by atoms with Gasteiger partial charge in [0.2, 0.25) is 0 Å². The highest BCUT2D eigenvalue weighted by Crippen LogP contribution is 2.18. The fourth-order valence-electron chi connectivity index (χ4n) is 2.26. The van der Waals surface area contributed by atoms with E-state index in [9.17, 15) is 0 Å². The minimum atomic E-state index is 0.591. The van der Waals surface area contributed by atoms with Crippen LogP contribution in [-0.2, 0) is 6.54 Å². The van der Waals surface area contributed by atoms with Crippen molar-refractivity contribution in [2.75, 3.05) is 19.7 Å². The minimum Gasteiger partial charge on any atom is -0.491 e. The Morgan fingerprint density at radius 2 is 2.00 bits per heavy atom. The second-order valence-corrected chi connectivity index (χ2v) is 6.77. The third-order valence-corrected chi connectivity index (χ3v) is 4.53. The fraction of sp³-hybridized carbons (Fsp3) is 0.444. The van der Waals surface area contributed by atoms with Crippen LogP contribution in [0.5, 0.6) is 5.75 Å². The Labute approximate surface area is 148 Å². The number of aliphatic imine (C=N–C) groups is 1. The van der Waals surface area contributed by atoms with Gasteiger partial charge in [0.25, 0.3) is 0 Å². The summed E-state index contributed by atoms with van der Waals surface area (Å²) in [4.78, 5) is 10.3. The molecule has 0 aliphatic rings. The Morgan fingerprint density at radius 3 is 2.67 bits per heavy atom. The number of hydrogen-bond acceptors (Lipinski definition) is 4. The molecule has 0 saturated carbocycles. The molecule has 0 spiro atoms. The second kappa shape index (κ2) is 9.27. The van der Waals surface area contributed by atoms with Crippen molar-refractivity contribution in [3.8, 4) is 5.75 Å². The van der Waals surface area contributed by atoms with Gasteiger partial charge in [-0.1, -0.05) is 18.2 Å². The van der Waals surface area contributed by atoms with Crippen molar-refractivity contribution in [2.45, 2.75) is 34.2 Å². The smallest absolute Gasteiger partial charge is 0.191 e. The van der Waals surface area contributed by atoms with Gasteiger partial charge in [0.1, 0.15) is 12.4 Å². The van der Waals surface area contributed by atoms with Gasteiger partial charge in [-0.15, -0.1) is 11.3 Å². The Kier molecular flexibility index (Phi) is 7.06. The maximum Gasteiger partial charge on any atom is 0.191 e. The van der Waals surface area contributed by atoms with Gasteiger partial charge in [-0.3, -0.25) is 0 Å². The normalized spacial score (nSPS) is 11.4. The number of hydrogen-bond donors (Lipinski definition) is 2. The van der Waals surface area contributed by atoms with Gasteiger partial charge >= 0.3 is 0 Å². The van der Waals surface area contributed by atoms with E-state index in [-0.39, 0.29) is 0 Å². The molecule has 0 fully saturated rings. The molecule has 0 aliphatic heterocycles. The fourth-order valence-corrected chi connectivity index (χ4v) is 3.12. The summed E-state index contributed by atoms with van der Waals surface area (Å²) in [5, 5.41) is 7.65. The Bertz CT molecular complexity index is 681. The number of para-hydroxylation sites is 1. The first kappa shape index (κ1) is 18.3. The third kappa shape index (κ3) is 5.53. The van der Waals surface area contributed by atoms with Gasteiger partial charge in [-0.2, -0.15) is 0 Å². The topological polar surface area (TPSA) is 58.5 Å². The predicted octanol–water partition coefficient (Wildman–Crippen LogP) is 3.20. The van der Waals surface area contributed by atoms with E-state index in [1.54, 1.807) is 11.3 Å². The standard InChI is InChI=1S/C18H26N4OS/c1-5-19-18(21-12-17-14(3)22-15(4)24-17)20-10-11-23-16-9-7-6-8-13(16)2/h6-9H,5,10-12H2,1-4H3,(H2,19,20,21). The van der Waals surface area contributed by atoms with E-state index in [4.69, 9.17) is 4.74 Å². The molecular formula is C18H26N4OS. The van der Waals surface area contributed by atoms with Crippen LogP contribution in [-0.4, -0.2) is 30.6 Å². The number of aromatic nitrogens is 1. The molecule has 0 bridgehead atoms. The van der Waals surface area contributed by atoms with Crippen molar-refractivity contribution in [3.05, 3.63) is 45.4 Å². The quantitative estimate of drug-likeness (QED) is 0.459. The summed E-state index contributed by atoms with van der Waals surface area (Å²) in [7, 11) is 0. The van der Waals surface area contributed by atoms with Crippen LogP contribution in [0.25, 0.3) is 0 Å². The molecule has 1 heterocycles. The molecule has 0 atom stereocenters. The zero-order valence-electron chi connectivity index (χ0n) is 14.8. The van der Waals surface area contributed by atoms with Crippen LogP contribution in [0, 0.1) is 20.8 Å². The maximum atomic E-state index is 5.80. The van der Waals surface area contributed by atoms with Crippen molar-refractivity contribution in [3.63, 3.8) is 0 Å².